The zero-order valence-corrected chi connectivity index (χ0v) is 20.1. The first-order valence-electron chi connectivity index (χ1n) is 7.97. The van der Waals surface area contributed by atoms with Crippen LogP contribution in [0.5, 0.6) is 0 Å². The summed E-state index contributed by atoms with van der Waals surface area (Å²) < 4.78 is 1.59. The summed E-state index contributed by atoms with van der Waals surface area (Å²) in [5.74, 6) is 5.25. The second-order valence-electron chi connectivity index (χ2n) is 6.39. The van der Waals surface area contributed by atoms with E-state index in [-0.39, 0.29) is 24.8 Å². The molecule has 0 spiro atoms. The first kappa shape index (κ1) is 20.2. The summed E-state index contributed by atoms with van der Waals surface area (Å²) in [5, 5.41) is 0. The molecule has 4 rings (SSSR count). The van der Waals surface area contributed by atoms with Crippen molar-refractivity contribution in [3.05, 3.63) is 82.9 Å². The van der Waals surface area contributed by atoms with E-state index in [0.717, 1.165) is 7.25 Å². The first-order valence-corrected chi connectivity index (χ1v) is 22.4. The van der Waals surface area contributed by atoms with E-state index in [1.807, 2.05) is 0 Å². The monoisotopic (exact) mass is 496 g/mol. The molecule has 0 heterocycles. The minimum absolute atomic E-state index is 0. The Morgan fingerprint density at radius 2 is 1.12 bits per heavy atom. The Balaban J connectivity index is 0.00000104. The fourth-order valence-corrected chi connectivity index (χ4v) is 34.0. The molecule has 24 heavy (non-hydrogen) atoms. The molecule has 0 bridgehead atoms. The SMILES string of the molecule is Cl.Cl.[CH3][Ge]([CH3])=[Zr]([CH]1C=Cc2ccccc21)[CH]1C=Cc2ccccc21. The van der Waals surface area contributed by atoms with Crippen LogP contribution in [0.3, 0.4) is 0 Å². The number of benzene rings is 2. The quantitative estimate of drug-likeness (QED) is 0.432. The third kappa shape index (κ3) is 3.56. The molecule has 0 aromatic heterocycles. The van der Waals surface area contributed by atoms with Gasteiger partial charge in [0, 0.05) is 0 Å². The molecule has 0 amide bonds. The topological polar surface area (TPSA) is 0 Å². The van der Waals surface area contributed by atoms with Crippen molar-refractivity contribution in [3.63, 3.8) is 0 Å². The molecular formula is C20H22Cl2GeZr. The van der Waals surface area contributed by atoms with Crippen molar-refractivity contribution in [1.82, 2.24) is 0 Å². The van der Waals surface area contributed by atoms with Crippen LogP contribution < -0.4 is 0 Å². The van der Waals surface area contributed by atoms with Crippen LogP contribution in [-0.4, -0.2) is 9.98 Å². The second-order valence-corrected chi connectivity index (χ2v) is 35.8. The molecule has 2 aliphatic rings. The number of allylic oxidation sites excluding steroid dienone is 2. The van der Waals surface area contributed by atoms with Crippen molar-refractivity contribution in [2.45, 2.75) is 18.8 Å². The first-order chi connectivity index (χ1) is 10.8. The Hall–Kier alpha value is -0.0740. The molecule has 0 radical (unpaired) electrons. The van der Waals surface area contributed by atoms with E-state index >= 15 is 0 Å². The summed E-state index contributed by atoms with van der Waals surface area (Å²) in [5.41, 5.74) is 6.20. The summed E-state index contributed by atoms with van der Waals surface area (Å²) in [4.78, 5) is 0. The maximum absolute atomic E-state index is 2.62. The number of rotatable bonds is 2. The van der Waals surface area contributed by atoms with Crippen molar-refractivity contribution in [2.24, 2.45) is 0 Å². The number of fused-ring (bicyclic) bond motifs is 2. The molecular weight excluding hydrogens is 475 g/mol. The molecule has 2 aromatic carbocycles. The van der Waals surface area contributed by atoms with E-state index in [0.29, 0.717) is 0 Å². The molecule has 4 heteroatoms. The molecule has 2 atom stereocenters. The van der Waals surface area contributed by atoms with Crippen molar-refractivity contribution >= 4 is 46.9 Å². The molecule has 0 saturated carbocycles. The molecule has 0 N–H and O–H groups in total. The maximum atomic E-state index is 2.62. The number of hydrogen-bond donors (Lipinski definition) is 0. The summed E-state index contributed by atoms with van der Waals surface area (Å²) in [6, 6.07) is 18.1. The molecule has 0 saturated heterocycles. The second kappa shape index (κ2) is 8.54. The summed E-state index contributed by atoms with van der Waals surface area (Å²) in [6.45, 7) is 0. The van der Waals surface area contributed by atoms with Gasteiger partial charge in [-0.15, -0.1) is 24.8 Å². The predicted octanol–water partition coefficient (Wildman–Crippen LogP) is 6.24. The zero-order chi connectivity index (χ0) is 15.1. The van der Waals surface area contributed by atoms with Gasteiger partial charge in [-0.05, 0) is 0 Å². The molecule has 2 unspecified atom stereocenters. The van der Waals surface area contributed by atoms with Gasteiger partial charge in [-0.3, -0.25) is 0 Å². The van der Waals surface area contributed by atoms with Gasteiger partial charge in [0.15, 0.2) is 0 Å². The minimum atomic E-state index is -1.59. The number of hydrogen-bond acceptors (Lipinski definition) is 0. The van der Waals surface area contributed by atoms with Crippen LogP contribution in [0.2, 0.25) is 11.5 Å². The Kier molecular flexibility index (Phi) is 7.20. The van der Waals surface area contributed by atoms with E-state index < -0.39 is 28.6 Å². The van der Waals surface area contributed by atoms with Crippen molar-refractivity contribution in [1.29, 1.82) is 0 Å². The normalized spacial score (nSPS) is 19.1. The molecule has 0 nitrogen and oxygen atoms in total. The van der Waals surface area contributed by atoms with Gasteiger partial charge < -0.3 is 0 Å². The fourth-order valence-electron chi connectivity index (χ4n) is 3.86. The molecule has 2 aromatic rings. The predicted molar refractivity (Wildman–Crippen MR) is 108 cm³/mol. The van der Waals surface area contributed by atoms with Gasteiger partial charge in [-0.1, -0.05) is 0 Å². The van der Waals surface area contributed by atoms with Crippen molar-refractivity contribution in [3.8, 4) is 0 Å². The average molecular weight is 497 g/mol. The van der Waals surface area contributed by atoms with Crippen molar-refractivity contribution in [2.75, 3.05) is 0 Å². The van der Waals surface area contributed by atoms with E-state index in [9.17, 15) is 0 Å². The van der Waals surface area contributed by atoms with Crippen LogP contribution in [0, 0.1) is 0 Å². The Bertz CT molecular complexity index is 772. The van der Waals surface area contributed by atoms with E-state index in [1.165, 1.54) is 11.1 Å². The molecule has 2 aliphatic carbocycles. The van der Waals surface area contributed by atoms with Gasteiger partial charge in [0.2, 0.25) is 0 Å². The third-order valence-electron chi connectivity index (χ3n) is 4.85. The van der Waals surface area contributed by atoms with Crippen LogP contribution in [0.1, 0.15) is 29.5 Å². The van der Waals surface area contributed by atoms with Gasteiger partial charge >= 0.3 is 142 Å². The molecule has 124 valence electrons. The molecule has 0 aliphatic heterocycles. The Morgan fingerprint density at radius 1 is 0.708 bits per heavy atom. The summed E-state index contributed by atoms with van der Waals surface area (Å²) in [7, 11) is -0.906. The van der Waals surface area contributed by atoms with Gasteiger partial charge in [-0.2, -0.15) is 0 Å². The zero-order valence-electron chi connectivity index (χ0n) is 13.9. The fraction of sp³-hybridized carbons (Fsp3) is 0.200. The van der Waals surface area contributed by atoms with Crippen LogP contribution >= 0.6 is 24.8 Å². The Labute approximate surface area is 166 Å². The van der Waals surface area contributed by atoms with Crippen LogP contribution in [0.15, 0.2) is 60.7 Å². The summed E-state index contributed by atoms with van der Waals surface area (Å²) >= 11 is -1.59. The van der Waals surface area contributed by atoms with E-state index in [2.05, 4.69) is 84.3 Å². The van der Waals surface area contributed by atoms with Gasteiger partial charge in [0.05, 0.1) is 0 Å². The standard InChI is InChI=1S/2C9H7.C2H6Ge.2ClH.Zr/c2*1-2-5-9-7-3-6-8(9)4-1;1-3-2;;;/h2*1-7H;1-2H3;2*1H;. The summed E-state index contributed by atoms with van der Waals surface area (Å²) in [6.07, 6.45) is 9.86. The number of halogens is 2. The van der Waals surface area contributed by atoms with Crippen LogP contribution in [0.25, 0.3) is 12.2 Å². The van der Waals surface area contributed by atoms with E-state index in [1.54, 1.807) is 11.1 Å². The van der Waals surface area contributed by atoms with Crippen LogP contribution in [-0.2, 0) is 18.6 Å². The van der Waals surface area contributed by atoms with Gasteiger partial charge in [0.25, 0.3) is 0 Å². The van der Waals surface area contributed by atoms with Gasteiger partial charge in [0.1, 0.15) is 0 Å². The average Bonchev–Trinajstić information content (AvgIpc) is 3.13. The van der Waals surface area contributed by atoms with Crippen molar-refractivity contribution < 1.29 is 18.6 Å². The van der Waals surface area contributed by atoms with Gasteiger partial charge in [-0.25, -0.2) is 0 Å². The van der Waals surface area contributed by atoms with E-state index in [4.69, 9.17) is 0 Å². The third-order valence-corrected chi connectivity index (χ3v) is 35.5. The van der Waals surface area contributed by atoms with Crippen LogP contribution in [0.4, 0.5) is 0 Å². The molecule has 0 fully saturated rings. The Morgan fingerprint density at radius 3 is 1.54 bits per heavy atom.